The molecule has 530 valence electrons. The molecule has 6 N–H and O–H groups in total. The number of hydrazine groups is 1. The number of pyridine rings is 1. The first-order valence-corrected chi connectivity index (χ1v) is 33.5. The van der Waals surface area contributed by atoms with E-state index in [-0.39, 0.29) is 85.0 Å². The third kappa shape index (κ3) is 21.0. The fourth-order valence-corrected chi connectivity index (χ4v) is 11.5. The van der Waals surface area contributed by atoms with Crippen LogP contribution in [0.4, 0.5) is 25.1 Å². The summed E-state index contributed by atoms with van der Waals surface area (Å²) in [5, 5.41) is 20.3. The Morgan fingerprint density at radius 1 is 0.745 bits per heavy atom. The summed E-state index contributed by atoms with van der Waals surface area (Å²) in [5.74, 6) is -0.995. The molecule has 5 atom stereocenters. The van der Waals surface area contributed by atoms with Gasteiger partial charge < -0.3 is 69.1 Å². The van der Waals surface area contributed by atoms with Gasteiger partial charge in [0.05, 0.1) is 89.5 Å². The van der Waals surface area contributed by atoms with E-state index in [0.29, 0.717) is 95.0 Å². The Kier molecular flexibility index (Phi) is 26.3. The number of nitrogens with one attached hydrogen (secondary N) is 6. The van der Waals surface area contributed by atoms with Gasteiger partial charge in [-0.15, -0.1) is 0 Å². The Bertz CT molecular complexity index is 3540. The monoisotopic (exact) mass is 1360 g/mol. The van der Waals surface area contributed by atoms with E-state index in [2.05, 4.69) is 54.0 Å². The van der Waals surface area contributed by atoms with Gasteiger partial charge in [-0.05, 0) is 149 Å². The molecule has 25 nitrogen and oxygen atoms in total. The lowest BCUT2D eigenvalue weighted by atomic mass is 9.83. The fraction of sp³-hybridized carbons (Fsp3) is 0.521. The van der Waals surface area contributed by atoms with Gasteiger partial charge in [-0.25, -0.2) is 28.6 Å². The van der Waals surface area contributed by atoms with Crippen LogP contribution in [0.1, 0.15) is 123 Å². The molecule has 1 saturated carbocycles. The Labute approximate surface area is 570 Å². The summed E-state index contributed by atoms with van der Waals surface area (Å²) in [5.41, 5.74) is 3.77. The van der Waals surface area contributed by atoms with E-state index in [1.54, 1.807) is 75.0 Å². The SMILES string of the molecule is CN[C@@H](C)C(=O)N[C@H](C(=O)N1Cc2cc(OCCOCCOCCOCCOCCOCCNC(=O)c3ccc(N4C=C(NC(=O)c5coc(-c6ccnc(NC(=O)OC(C)(C)C)c6)n5)C(C(F)F)N4CC4CC4)cc3)ccc2C[C@H]1C(=O)N[C@@H]1CCCc2ccccc21)C(C)(C)C. The maximum atomic E-state index is 15.0. The highest BCUT2D eigenvalue weighted by Crippen LogP contribution is 2.38. The number of rotatable bonds is 34. The lowest BCUT2D eigenvalue weighted by Gasteiger charge is -2.41. The number of likely N-dealkylation sites (N-methyl/N-ethyl adjacent to an activating group) is 1. The molecule has 6 amide bonds. The van der Waals surface area contributed by atoms with Gasteiger partial charge in [-0.2, -0.15) is 0 Å². The topological polar surface area (TPSA) is 288 Å². The normalized spacial score (nSPS) is 17.7. The number of amides is 6. The van der Waals surface area contributed by atoms with Crippen molar-refractivity contribution in [1.29, 1.82) is 0 Å². The number of hydrogen-bond donors (Lipinski definition) is 6. The van der Waals surface area contributed by atoms with Crippen LogP contribution in [0.25, 0.3) is 11.5 Å². The number of carbonyl (C=O) groups excluding carboxylic acids is 6. The number of carbonyl (C=O) groups is 6. The molecular formula is C71H93F2N11O14. The Hall–Kier alpha value is -8.44. The molecule has 1 fully saturated rings. The van der Waals surface area contributed by atoms with Crippen molar-refractivity contribution in [3.05, 3.63) is 137 Å². The highest BCUT2D eigenvalue weighted by molar-refractivity contribution is 5.96. The molecule has 0 bridgehead atoms. The summed E-state index contributed by atoms with van der Waals surface area (Å²) in [6, 6.07) is 19.6. The van der Waals surface area contributed by atoms with Gasteiger partial charge in [0, 0.05) is 49.6 Å². The lowest BCUT2D eigenvalue weighted by molar-refractivity contribution is -0.147. The largest absolute Gasteiger partial charge is 0.491 e. The third-order valence-corrected chi connectivity index (χ3v) is 16.9. The van der Waals surface area contributed by atoms with Crippen molar-refractivity contribution < 1.29 is 75.1 Å². The van der Waals surface area contributed by atoms with Crippen molar-refractivity contribution in [3.8, 4) is 17.2 Å². The number of hydrogen-bond acceptors (Lipinski definition) is 19. The van der Waals surface area contributed by atoms with Gasteiger partial charge in [0.1, 0.15) is 48.2 Å². The molecule has 0 spiro atoms. The van der Waals surface area contributed by atoms with Crippen LogP contribution in [-0.4, -0.2) is 185 Å². The average Bonchev–Trinajstić information content (AvgIpc) is 1.46. The molecule has 2 aliphatic heterocycles. The Balaban J connectivity index is 0.627. The molecule has 5 aromatic rings. The van der Waals surface area contributed by atoms with Gasteiger partial charge in [-0.1, -0.05) is 51.1 Å². The number of halogens is 2. The highest BCUT2D eigenvalue weighted by Gasteiger charge is 2.45. The summed E-state index contributed by atoms with van der Waals surface area (Å²) in [6.07, 6.45) is 5.17. The van der Waals surface area contributed by atoms with Crippen molar-refractivity contribution in [2.45, 2.75) is 136 Å². The molecule has 1 unspecified atom stereocenters. The molecule has 0 saturated heterocycles. The number of aromatic nitrogens is 2. The lowest BCUT2D eigenvalue weighted by Crippen LogP contribution is -2.62. The minimum atomic E-state index is -2.87. The van der Waals surface area contributed by atoms with E-state index in [9.17, 15) is 37.5 Å². The first-order chi connectivity index (χ1) is 47.0. The highest BCUT2D eigenvalue weighted by atomic mass is 19.3. The van der Waals surface area contributed by atoms with E-state index < -0.39 is 53.6 Å². The number of alkyl halides is 2. The molecule has 3 aromatic carbocycles. The Morgan fingerprint density at radius 2 is 1.42 bits per heavy atom. The summed E-state index contributed by atoms with van der Waals surface area (Å²) >= 11 is 0. The standard InChI is InChI=1S/C71H93F2N11O14/c1-45(74-8)63(85)81-61(70(2,3)4)68(89)82-42-51-38-53(23-20-49(51)39-58(82)66(88)77-55-15-11-13-47-12-9-10-14-54(47)55)96-37-36-95-35-34-94-33-32-93-31-30-92-29-28-91-27-26-76-64(86)48-18-21-52(22-19-48)83-43-56(60(62(72)73)84(83)41-46-16-17-46)78-65(87)57-44-97-67(79-57)50-24-25-75-59(40-50)80-69(90)98-71(5,6)7/h9-10,12,14,18-25,38,40,43-46,55,58,60-62,74H,11,13,15-17,26-37,39,41-42H2,1-8H3,(H,76,86)(H,77,88)(H,78,87)(H,81,85)(H,75,80,90)/t45-,55+,58-,60?,61+/m0/s1. The second-order valence-corrected chi connectivity index (χ2v) is 26.6. The average molecular weight is 1360 g/mol. The molecule has 4 aliphatic rings. The van der Waals surface area contributed by atoms with E-state index in [1.165, 1.54) is 29.0 Å². The van der Waals surface area contributed by atoms with Crippen LogP contribution < -0.4 is 41.6 Å². The number of benzene rings is 3. The van der Waals surface area contributed by atoms with Crippen LogP contribution in [0.15, 0.2) is 108 Å². The van der Waals surface area contributed by atoms with Crippen molar-refractivity contribution in [2.24, 2.45) is 11.3 Å². The predicted molar refractivity (Wildman–Crippen MR) is 360 cm³/mol. The molecule has 2 aliphatic carbocycles. The summed E-state index contributed by atoms with van der Waals surface area (Å²) < 4.78 is 75.1. The number of anilines is 2. The van der Waals surface area contributed by atoms with Crippen LogP contribution in [0.2, 0.25) is 0 Å². The van der Waals surface area contributed by atoms with Crippen molar-refractivity contribution in [2.75, 3.05) is 103 Å². The van der Waals surface area contributed by atoms with Crippen LogP contribution >= 0.6 is 0 Å². The van der Waals surface area contributed by atoms with E-state index in [1.807, 2.05) is 51.1 Å². The minimum Gasteiger partial charge on any atom is -0.491 e. The first kappa shape index (κ1) is 73.8. The van der Waals surface area contributed by atoms with Crippen molar-refractivity contribution in [3.63, 3.8) is 0 Å². The summed E-state index contributed by atoms with van der Waals surface area (Å²) in [6.45, 7) is 16.9. The molecular weight excluding hydrogens is 1270 g/mol. The summed E-state index contributed by atoms with van der Waals surface area (Å²) in [4.78, 5) is 91.2. The van der Waals surface area contributed by atoms with Gasteiger partial charge >= 0.3 is 6.09 Å². The van der Waals surface area contributed by atoms with E-state index >= 15 is 0 Å². The molecule has 2 aromatic heterocycles. The quantitative estimate of drug-likeness (QED) is 0.0213. The van der Waals surface area contributed by atoms with Crippen LogP contribution in [0.3, 0.4) is 0 Å². The van der Waals surface area contributed by atoms with E-state index in [0.717, 1.165) is 55.1 Å². The zero-order chi connectivity index (χ0) is 69.9. The number of fused-ring (bicyclic) bond motifs is 2. The third-order valence-electron chi connectivity index (χ3n) is 16.9. The van der Waals surface area contributed by atoms with Crippen molar-refractivity contribution in [1.82, 2.24) is 46.5 Å². The van der Waals surface area contributed by atoms with Crippen molar-refractivity contribution >= 4 is 47.1 Å². The summed E-state index contributed by atoms with van der Waals surface area (Å²) in [7, 11) is 1.69. The Morgan fingerprint density at radius 3 is 2.07 bits per heavy atom. The number of aryl methyl sites for hydroxylation is 1. The molecule has 9 rings (SSSR count). The van der Waals surface area contributed by atoms with Gasteiger partial charge in [0.15, 0.2) is 5.69 Å². The second kappa shape index (κ2) is 34.9. The number of oxazole rings is 1. The number of nitrogens with zero attached hydrogens (tertiary/aromatic N) is 5. The zero-order valence-electron chi connectivity index (χ0n) is 57.1. The predicted octanol–water partition coefficient (Wildman–Crippen LogP) is 7.91. The number of ether oxygens (including phenoxy) is 7. The zero-order valence-corrected chi connectivity index (χ0v) is 57.1. The van der Waals surface area contributed by atoms with Crippen LogP contribution in [-0.2, 0) is 62.2 Å². The molecule has 0 radical (unpaired) electrons. The van der Waals surface area contributed by atoms with Gasteiger partial charge in [0.25, 0.3) is 18.2 Å². The van der Waals surface area contributed by atoms with Crippen LogP contribution in [0.5, 0.6) is 5.75 Å². The second-order valence-electron chi connectivity index (χ2n) is 26.6. The van der Waals surface area contributed by atoms with Crippen LogP contribution in [0, 0.1) is 11.3 Å². The van der Waals surface area contributed by atoms with E-state index in [4.69, 9.17) is 37.6 Å². The molecule has 27 heteroatoms. The smallest absolute Gasteiger partial charge is 0.413 e. The maximum Gasteiger partial charge on any atom is 0.413 e. The molecule has 4 heterocycles. The van der Waals surface area contributed by atoms with Gasteiger partial charge in [0.2, 0.25) is 23.6 Å². The molecule has 98 heavy (non-hydrogen) atoms. The minimum absolute atomic E-state index is 0.0315. The van der Waals surface area contributed by atoms with Gasteiger partial charge in [-0.3, -0.25) is 34.3 Å². The fourth-order valence-electron chi connectivity index (χ4n) is 11.5. The maximum absolute atomic E-state index is 15.0. The first-order valence-electron chi connectivity index (χ1n) is 33.5.